The fourth-order valence-corrected chi connectivity index (χ4v) is 4.56. The summed E-state index contributed by atoms with van der Waals surface area (Å²) in [5, 5.41) is 0.794. The van der Waals surface area contributed by atoms with E-state index in [2.05, 4.69) is 9.71 Å². The molecule has 1 atom stereocenters. The van der Waals surface area contributed by atoms with Crippen molar-refractivity contribution in [1.29, 1.82) is 0 Å². The van der Waals surface area contributed by atoms with E-state index in [9.17, 15) is 8.42 Å². The number of nitrogens with zero attached hydrogens (tertiary/aromatic N) is 2. The molecule has 0 bridgehead atoms. The number of hydrogen-bond donors (Lipinski definition) is 2. The lowest BCUT2D eigenvalue weighted by Crippen LogP contribution is -2.46. The molecule has 1 unspecified atom stereocenters. The molecule has 1 aromatic rings. The molecule has 1 aromatic heterocycles. The molecule has 3 N–H and O–H groups in total. The van der Waals surface area contributed by atoms with Gasteiger partial charge in [-0.3, -0.25) is 0 Å². The molecule has 8 heteroatoms. The van der Waals surface area contributed by atoms with Gasteiger partial charge in [0.25, 0.3) is 10.2 Å². The van der Waals surface area contributed by atoms with Crippen molar-refractivity contribution < 1.29 is 8.42 Å². The molecule has 0 radical (unpaired) electrons. The maximum Gasteiger partial charge on any atom is 0.280 e. The van der Waals surface area contributed by atoms with Crippen LogP contribution in [0.5, 0.6) is 0 Å². The van der Waals surface area contributed by atoms with Crippen molar-refractivity contribution in [2.24, 2.45) is 11.7 Å². The summed E-state index contributed by atoms with van der Waals surface area (Å²) in [7, 11) is -3.44. The molecule has 1 fully saturated rings. The minimum atomic E-state index is -3.44. The fraction of sp³-hybridized carbons (Fsp3) is 0.750. The lowest BCUT2D eigenvalue weighted by atomic mass is 9.99. The first-order valence-corrected chi connectivity index (χ1v) is 9.08. The van der Waals surface area contributed by atoms with Gasteiger partial charge in [0, 0.05) is 24.2 Å². The summed E-state index contributed by atoms with van der Waals surface area (Å²) in [6.45, 7) is 5.50. The van der Waals surface area contributed by atoms with Crippen LogP contribution in [0.3, 0.4) is 0 Å². The van der Waals surface area contributed by atoms with E-state index >= 15 is 0 Å². The van der Waals surface area contributed by atoms with Crippen molar-refractivity contribution in [3.63, 3.8) is 0 Å². The summed E-state index contributed by atoms with van der Waals surface area (Å²) in [6.07, 6.45) is 3.43. The first-order chi connectivity index (χ1) is 9.42. The maximum atomic E-state index is 12.3. The van der Waals surface area contributed by atoms with E-state index in [0.717, 1.165) is 22.7 Å². The third-order valence-electron chi connectivity index (χ3n) is 3.58. The Morgan fingerprint density at radius 2 is 2.20 bits per heavy atom. The number of nitrogens with two attached hydrogens (primary N) is 1. The van der Waals surface area contributed by atoms with Crippen LogP contribution in [0.15, 0.2) is 6.20 Å². The van der Waals surface area contributed by atoms with Crippen molar-refractivity contribution in [2.75, 3.05) is 19.6 Å². The van der Waals surface area contributed by atoms with Crippen LogP contribution in [-0.2, 0) is 10.2 Å². The molecule has 1 aliphatic rings. The number of rotatable bonds is 5. The Morgan fingerprint density at radius 3 is 2.70 bits per heavy atom. The molecule has 0 aromatic carbocycles. The Bertz CT molecular complexity index is 535. The van der Waals surface area contributed by atoms with Gasteiger partial charge in [-0.15, -0.1) is 11.3 Å². The highest BCUT2D eigenvalue weighted by Crippen LogP contribution is 2.22. The first-order valence-electron chi connectivity index (χ1n) is 6.82. The topological polar surface area (TPSA) is 88.3 Å². The molecule has 0 aliphatic carbocycles. The largest absolute Gasteiger partial charge is 0.330 e. The van der Waals surface area contributed by atoms with Crippen LogP contribution in [0.25, 0.3) is 0 Å². The third-order valence-corrected chi connectivity index (χ3v) is 6.37. The van der Waals surface area contributed by atoms with E-state index < -0.39 is 10.2 Å². The zero-order valence-corrected chi connectivity index (χ0v) is 13.5. The van der Waals surface area contributed by atoms with E-state index in [1.165, 1.54) is 15.6 Å². The number of thiazole rings is 1. The molecule has 1 aliphatic heterocycles. The van der Waals surface area contributed by atoms with Crippen molar-refractivity contribution >= 4 is 21.5 Å². The Labute approximate surface area is 124 Å². The summed E-state index contributed by atoms with van der Waals surface area (Å²) in [4.78, 5) is 5.31. The van der Waals surface area contributed by atoms with Gasteiger partial charge < -0.3 is 5.73 Å². The molecule has 2 heterocycles. The predicted octanol–water partition coefficient (Wildman–Crippen LogP) is 1.02. The summed E-state index contributed by atoms with van der Waals surface area (Å²) < 4.78 is 28.9. The van der Waals surface area contributed by atoms with Gasteiger partial charge in [-0.25, -0.2) is 4.98 Å². The van der Waals surface area contributed by atoms with Gasteiger partial charge in [0.2, 0.25) is 0 Å². The summed E-state index contributed by atoms with van der Waals surface area (Å²) in [5.41, 5.74) is 5.63. The van der Waals surface area contributed by atoms with Crippen LogP contribution in [0.1, 0.15) is 35.7 Å². The van der Waals surface area contributed by atoms with Crippen molar-refractivity contribution in [1.82, 2.24) is 14.0 Å². The second-order valence-corrected chi connectivity index (χ2v) is 8.20. The zero-order chi connectivity index (χ0) is 14.8. The third kappa shape index (κ3) is 3.76. The molecule has 2 rings (SSSR count). The first kappa shape index (κ1) is 15.8. The minimum absolute atomic E-state index is 0.300. The van der Waals surface area contributed by atoms with Crippen LogP contribution in [0, 0.1) is 12.8 Å². The summed E-state index contributed by atoms with van der Waals surface area (Å²) >= 11 is 1.51. The van der Waals surface area contributed by atoms with E-state index in [4.69, 9.17) is 5.73 Å². The van der Waals surface area contributed by atoms with E-state index in [0.29, 0.717) is 25.6 Å². The highest BCUT2D eigenvalue weighted by molar-refractivity contribution is 7.87. The van der Waals surface area contributed by atoms with Gasteiger partial charge in [-0.1, -0.05) is 0 Å². The second-order valence-electron chi connectivity index (χ2n) is 5.23. The molecule has 20 heavy (non-hydrogen) atoms. The monoisotopic (exact) mass is 318 g/mol. The fourth-order valence-electron chi connectivity index (χ4n) is 2.31. The normalized spacial score (nSPS) is 20.1. The molecule has 0 spiro atoms. The van der Waals surface area contributed by atoms with Crippen molar-refractivity contribution in [3.8, 4) is 0 Å². The van der Waals surface area contributed by atoms with Crippen molar-refractivity contribution in [3.05, 3.63) is 16.1 Å². The average molecular weight is 318 g/mol. The van der Waals surface area contributed by atoms with Crippen LogP contribution < -0.4 is 10.5 Å². The Balaban J connectivity index is 1.97. The smallest absolute Gasteiger partial charge is 0.280 e. The van der Waals surface area contributed by atoms with Crippen LogP contribution in [0.2, 0.25) is 0 Å². The standard InChI is InChI=1S/C12H22N4O2S2/c1-9-8-14-12(19-9)10(2)15-20(17,18)16-5-3-11(7-13)4-6-16/h8,10-11,15H,3-7,13H2,1-2H3. The van der Waals surface area contributed by atoms with Gasteiger partial charge in [0.05, 0.1) is 6.04 Å². The molecule has 1 saturated heterocycles. The van der Waals surface area contributed by atoms with Crippen LogP contribution in [0.4, 0.5) is 0 Å². The molecule has 0 amide bonds. The molecule has 0 saturated carbocycles. The van der Waals surface area contributed by atoms with Crippen LogP contribution in [-0.4, -0.2) is 37.3 Å². The highest BCUT2D eigenvalue weighted by Gasteiger charge is 2.29. The molecule has 6 nitrogen and oxygen atoms in total. The number of piperidine rings is 1. The van der Waals surface area contributed by atoms with Crippen molar-refractivity contribution in [2.45, 2.75) is 32.7 Å². The summed E-state index contributed by atoms with van der Waals surface area (Å²) in [5.74, 6) is 0.445. The van der Waals surface area contributed by atoms with E-state index in [1.54, 1.807) is 6.20 Å². The maximum absolute atomic E-state index is 12.3. The quantitative estimate of drug-likeness (QED) is 0.848. The van der Waals surface area contributed by atoms with Gasteiger partial charge >= 0.3 is 0 Å². The highest BCUT2D eigenvalue weighted by atomic mass is 32.2. The lowest BCUT2D eigenvalue weighted by Gasteiger charge is -2.31. The van der Waals surface area contributed by atoms with E-state index in [1.807, 2.05) is 13.8 Å². The molecular weight excluding hydrogens is 296 g/mol. The van der Waals surface area contributed by atoms with Crippen LogP contribution >= 0.6 is 11.3 Å². The number of aromatic nitrogens is 1. The van der Waals surface area contributed by atoms with Gasteiger partial charge in [0.15, 0.2) is 0 Å². The van der Waals surface area contributed by atoms with Gasteiger partial charge in [-0.05, 0) is 39.2 Å². The second kappa shape index (κ2) is 6.48. The number of aryl methyl sites for hydroxylation is 1. The molecule has 114 valence electrons. The molecular formula is C12H22N4O2S2. The van der Waals surface area contributed by atoms with Gasteiger partial charge in [-0.2, -0.15) is 17.4 Å². The van der Waals surface area contributed by atoms with E-state index in [-0.39, 0.29) is 6.04 Å². The lowest BCUT2D eigenvalue weighted by molar-refractivity contribution is 0.274. The SMILES string of the molecule is Cc1cnc(C(C)NS(=O)(=O)N2CCC(CN)CC2)s1. The Morgan fingerprint density at radius 1 is 1.55 bits per heavy atom. The minimum Gasteiger partial charge on any atom is -0.330 e. The van der Waals surface area contributed by atoms with Gasteiger partial charge in [0.1, 0.15) is 5.01 Å². The average Bonchev–Trinajstić information content (AvgIpc) is 2.85. The summed E-state index contributed by atoms with van der Waals surface area (Å²) in [6, 6.07) is -0.300. The zero-order valence-electron chi connectivity index (χ0n) is 11.9. The Hall–Kier alpha value is -0.540. The predicted molar refractivity (Wildman–Crippen MR) is 80.7 cm³/mol. The Kier molecular flexibility index (Phi) is 5.14. The number of hydrogen-bond acceptors (Lipinski definition) is 5. The number of nitrogens with one attached hydrogen (secondary N) is 1.